The average Bonchev–Trinajstić information content (AvgIpc) is 2.26. The second-order valence-corrected chi connectivity index (χ2v) is 4.30. The van der Waals surface area contributed by atoms with E-state index < -0.39 is 11.6 Å². The lowest BCUT2D eigenvalue weighted by Crippen LogP contribution is -2.37. The number of allylic oxidation sites excluding steroid dienone is 1. The predicted molar refractivity (Wildman–Crippen MR) is 65.2 cm³/mol. The number of hydrogen-bond acceptors (Lipinski definition) is 2. The van der Waals surface area contributed by atoms with Gasteiger partial charge >= 0.3 is 0 Å². The number of hydrazine groups is 1. The lowest BCUT2D eigenvalue weighted by atomic mass is 10.00. The minimum absolute atomic E-state index is 0.0355. The van der Waals surface area contributed by atoms with Gasteiger partial charge in [-0.05, 0) is 37.8 Å². The Labute approximate surface area is 100 Å². The third-order valence-electron chi connectivity index (χ3n) is 2.64. The monoisotopic (exact) mass is 240 g/mol. The lowest BCUT2D eigenvalue weighted by Gasteiger charge is -2.16. The van der Waals surface area contributed by atoms with Crippen LogP contribution in [0.25, 0.3) is 0 Å². The Morgan fingerprint density at radius 2 is 2.18 bits per heavy atom. The molecule has 4 heteroatoms. The molecular formula is C13H18F2N2. The van der Waals surface area contributed by atoms with Gasteiger partial charge in [0.1, 0.15) is 11.6 Å². The maximum atomic E-state index is 13.4. The summed E-state index contributed by atoms with van der Waals surface area (Å²) in [7, 11) is 0. The van der Waals surface area contributed by atoms with Crippen LogP contribution in [0.1, 0.15) is 25.3 Å². The molecule has 1 aromatic carbocycles. The molecule has 0 fully saturated rings. The number of nitrogens with two attached hydrogens (primary N) is 1. The van der Waals surface area contributed by atoms with Gasteiger partial charge in [0.15, 0.2) is 0 Å². The fourth-order valence-electron chi connectivity index (χ4n) is 1.62. The molecule has 0 aliphatic carbocycles. The molecule has 0 saturated heterocycles. The Hall–Kier alpha value is -1.26. The molecule has 3 N–H and O–H groups in total. The van der Waals surface area contributed by atoms with Gasteiger partial charge in [-0.3, -0.25) is 11.3 Å². The molecule has 0 spiro atoms. The van der Waals surface area contributed by atoms with Crippen LogP contribution in [-0.4, -0.2) is 6.04 Å². The van der Waals surface area contributed by atoms with Crippen molar-refractivity contribution in [2.45, 2.75) is 32.2 Å². The largest absolute Gasteiger partial charge is 0.271 e. The topological polar surface area (TPSA) is 38.0 Å². The molecule has 1 atom stereocenters. The zero-order chi connectivity index (χ0) is 12.8. The maximum Gasteiger partial charge on any atom is 0.129 e. The van der Waals surface area contributed by atoms with Crippen molar-refractivity contribution in [3.8, 4) is 0 Å². The van der Waals surface area contributed by atoms with Gasteiger partial charge in [-0.2, -0.15) is 0 Å². The number of hydrogen-bond donors (Lipinski definition) is 2. The van der Waals surface area contributed by atoms with Gasteiger partial charge in [0, 0.05) is 12.1 Å². The zero-order valence-corrected chi connectivity index (χ0v) is 9.97. The molecule has 0 bridgehead atoms. The molecule has 2 nitrogen and oxygen atoms in total. The summed E-state index contributed by atoms with van der Waals surface area (Å²) in [4.78, 5) is 0. The standard InChI is InChI=1S/C13H18F2N2/c1-9(2)3-6-12(17-16)7-10-4-5-11(14)8-13(10)15/h4-5,8,12,17H,1,3,6-7,16H2,2H3. The molecule has 0 saturated carbocycles. The molecule has 0 aliphatic heterocycles. The minimum atomic E-state index is -0.564. The number of nitrogens with one attached hydrogen (secondary N) is 1. The third kappa shape index (κ3) is 4.63. The highest BCUT2D eigenvalue weighted by molar-refractivity contribution is 5.19. The van der Waals surface area contributed by atoms with Crippen molar-refractivity contribution in [2.24, 2.45) is 5.84 Å². The molecule has 0 aliphatic rings. The first-order valence-electron chi connectivity index (χ1n) is 5.57. The molecule has 1 rings (SSSR count). The summed E-state index contributed by atoms with van der Waals surface area (Å²) >= 11 is 0. The molecule has 0 amide bonds. The summed E-state index contributed by atoms with van der Waals surface area (Å²) in [5.41, 5.74) is 4.17. The first-order chi connectivity index (χ1) is 8.02. The molecule has 94 valence electrons. The van der Waals surface area contributed by atoms with Gasteiger partial charge in [-0.1, -0.05) is 11.6 Å². The van der Waals surface area contributed by atoms with Gasteiger partial charge in [-0.25, -0.2) is 8.78 Å². The van der Waals surface area contributed by atoms with E-state index in [9.17, 15) is 8.78 Å². The van der Waals surface area contributed by atoms with Crippen molar-refractivity contribution < 1.29 is 8.78 Å². The van der Waals surface area contributed by atoms with Crippen molar-refractivity contribution in [3.63, 3.8) is 0 Å². The van der Waals surface area contributed by atoms with Crippen LogP contribution in [0.15, 0.2) is 30.4 Å². The van der Waals surface area contributed by atoms with Gasteiger partial charge in [-0.15, -0.1) is 6.58 Å². The summed E-state index contributed by atoms with van der Waals surface area (Å²) in [5, 5.41) is 0. The van der Waals surface area contributed by atoms with Crippen LogP contribution in [0.2, 0.25) is 0 Å². The first-order valence-corrected chi connectivity index (χ1v) is 5.57. The van der Waals surface area contributed by atoms with E-state index >= 15 is 0 Å². The van der Waals surface area contributed by atoms with E-state index in [2.05, 4.69) is 12.0 Å². The summed E-state index contributed by atoms with van der Waals surface area (Å²) in [6.45, 7) is 5.74. The highest BCUT2D eigenvalue weighted by Crippen LogP contribution is 2.14. The highest BCUT2D eigenvalue weighted by Gasteiger charge is 2.11. The Kier molecular flexibility index (Phi) is 5.25. The number of halogens is 2. The van der Waals surface area contributed by atoms with E-state index in [1.807, 2.05) is 6.92 Å². The van der Waals surface area contributed by atoms with Crippen molar-refractivity contribution in [1.82, 2.24) is 5.43 Å². The maximum absolute atomic E-state index is 13.4. The van der Waals surface area contributed by atoms with Crippen LogP contribution in [0, 0.1) is 11.6 Å². The summed E-state index contributed by atoms with van der Waals surface area (Å²) < 4.78 is 26.1. The van der Waals surface area contributed by atoms with Gasteiger partial charge < -0.3 is 0 Å². The van der Waals surface area contributed by atoms with E-state index in [1.165, 1.54) is 12.1 Å². The molecule has 1 aromatic rings. The van der Waals surface area contributed by atoms with Crippen molar-refractivity contribution in [2.75, 3.05) is 0 Å². The Balaban J connectivity index is 2.63. The van der Waals surface area contributed by atoms with Crippen LogP contribution in [0.3, 0.4) is 0 Å². The molecule has 17 heavy (non-hydrogen) atoms. The Morgan fingerprint density at radius 3 is 2.71 bits per heavy atom. The number of benzene rings is 1. The molecule has 0 aromatic heterocycles. The van der Waals surface area contributed by atoms with Crippen LogP contribution < -0.4 is 11.3 Å². The number of rotatable bonds is 6. The third-order valence-corrected chi connectivity index (χ3v) is 2.64. The van der Waals surface area contributed by atoms with Gasteiger partial charge in [0.2, 0.25) is 0 Å². The van der Waals surface area contributed by atoms with E-state index in [-0.39, 0.29) is 6.04 Å². The minimum Gasteiger partial charge on any atom is -0.271 e. The van der Waals surface area contributed by atoms with E-state index in [1.54, 1.807) is 0 Å². The van der Waals surface area contributed by atoms with Crippen molar-refractivity contribution in [3.05, 3.63) is 47.5 Å². The molecule has 0 heterocycles. The average molecular weight is 240 g/mol. The summed E-state index contributed by atoms with van der Waals surface area (Å²) in [6.07, 6.45) is 2.05. The SMILES string of the molecule is C=C(C)CCC(Cc1ccc(F)cc1F)NN. The van der Waals surface area contributed by atoms with Crippen LogP contribution in [0.4, 0.5) is 8.78 Å². The fourth-order valence-corrected chi connectivity index (χ4v) is 1.62. The smallest absolute Gasteiger partial charge is 0.129 e. The van der Waals surface area contributed by atoms with Crippen LogP contribution in [-0.2, 0) is 6.42 Å². The van der Waals surface area contributed by atoms with Crippen molar-refractivity contribution in [1.29, 1.82) is 0 Å². The normalized spacial score (nSPS) is 12.5. The Morgan fingerprint density at radius 1 is 1.47 bits per heavy atom. The van der Waals surface area contributed by atoms with Crippen LogP contribution >= 0.6 is 0 Å². The second-order valence-electron chi connectivity index (χ2n) is 4.30. The predicted octanol–water partition coefficient (Wildman–Crippen LogP) is 2.70. The summed E-state index contributed by atoms with van der Waals surface area (Å²) in [5.74, 6) is 4.32. The lowest BCUT2D eigenvalue weighted by molar-refractivity contribution is 0.477. The van der Waals surface area contributed by atoms with E-state index in [4.69, 9.17) is 5.84 Å². The summed E-state index contributed by atoms with van der Waals surface area (Å²) in [6, 6.07) is 3.56. The molecular weight excluding hydrogens is 222 g/mol. The zero-order valence-electron chi connectivity index (χ0n) is 9.97. The second kappa shape index (κ2) is 6.47. The van der Waals surface area contributed by atoms with E-state index in [0.717, 1.165) is 24.5 Å². The molecule has 1 unspecified atom stereocenters. The quantitative estimate of drug-likeness (QED) is 0.456. The molecule has 0 radical (unpaired) electrons. The highest BCUT2D eigenvalue weighted by atomic mass is 19.1. The fraction of sp³-hybridized carbons (Fsp3) is 0.385. The first kappa shape index (κ1) is 13.8. The van der Waals surface area contributed by atoms with Gasteiger partial charge in [0.25, 0.3) is 0 Å². The van der Waals surface area contributed by atoms with Gasteiger partial charge in [0.05, 0.1) is 0 Å². The van der Waals surface area contributed by atoms with Crippen LogP contribution in [0.5, 0.6) is 0 Å². The van der Waals surface area contributed by atoms with E-state index in [0.29, 0.717) is 12.0 Å². The Bertz CT molecular complexity index is 391. The van der Waals surface area contributed by atoms with Crippen molar-refractivity contribution >= 4 is 0 Å².